The number of anilines is 1. The lowest BCUT2D eigenvalue weighted by atomic mass is 10.1. The van der Waals surface area contributed by atoms with Crippen LogP contribution in [-0.2, 0) is 13.2 Å². The summed E-state index contributed by atoms with van der Waals surface area (Å²) in [7, 11) is 5.64. The Morgan fingerprint density at radius 3 is 2.58 bits per heavy atom. The molecule has 0 aliphatic rings. The van der Waals surface area contributed by atoms with Crippen molar-refractivity contribution in [3.8, 4) is 6.07 Å². The van der Waals surface area contributed by atoms with Gasteiger partial charge >= 0.3 is 6.18 Å². The fourth-order valence-electron chi connectivity index (χ4n) is 2.42. The lowest BCUT2D eigenvalue weighted by Crippen LogP contribution is -2.26. The Kier molecular flexibility index (Phi) is 5.14. The first-order valence-corrected chi connectivity index (χ1v) is 7.22. The van der Waals surface area contributed by atoms with E-state index in [-0.39, 0.29) is 6.04 Å². The molecule has 24 heavy (non-hydrogen) atoms. The number of likely N-dealkylation sites (N-methyl/N-ethyl adjacent to an activating group) is 1. The third-order valence-electron chi connectivity index (χ3n) is 3.68. The number of nitriles is 1. The molecule has 0 bridgehead atoms. The van der Waals surface area contributed by atoms with Crippen LogP contribution in [0.5, 0.6) is 0 Å². The first-order chi connectivity index (χ1) is 11.2. The predicted molar refractivity (Wildman–Crippen MR) is 84.3 cm³/mol. The fraction of sp³-hybridized carbons (Fsp3) is 0.375. The van der Waals surface area contributed by atoms with Crippen molar-refractivity contribution in [2.24, 2.45) is 7.05 Å². The molecule has 1 heterocycles. The lowest BCUT2D eigenvalue weighted by Gasteiger charge is -2.24. The maximum Gasteiger partial charge on any atom is 0.417 e. The molecular weight excluding hydrogens is 319 g/mol. The van der Waals surface area contributed by atoms with E-state index in [2.05, 4.69) is 10.4 Å². The van der Waals surface area contributed by atoms with E-state index in [0.717, 1.165) is 11.6 Å². The summed E-state index contributed by atoms with van der Waals surface area (Å²) < 4.78 is 40.2. The molecule has 0 saturated heterocycles. The van der Waals surface area contributed by atoms with Gasteiger partial charge in [0.05, 0.1) is 29.4 Å². The van der Waals surface area contributed by atoms with Crippen molar-refractivity contribution in [2.75, 3.05) is 26.0 Å². The number of aryl methyl sites for hydroxylation is 1. The number of aromatic nitrogens is 2. The van der Waals surface area contributed by atoms with Gasteiger partial charge in [-0.05, 0) is 32.3 Å². The number of benzene rings is 1. The Morgan fingerprint density at radius 1 is 1.38 bits per heavy atom. The van der Waals surface area contributed by atoms with E-state index in [9.17, 15) is 13.2 Å². The van der Waals surface area contributed by atoms with Crippen LogP contribution in [0.1, 0.15) is 22.7 Å². The van der Waals surface area contributed by atoms with E-state index in [4.69, 9.17) is 5.26 Å². The number of halogens is 3. The third-order valence-corrected chi connectivity index (χ3v) is 3.68. The molecule has 0 aliphatic carbocycles. The second-order valence-corrected chi connectivity index (χ2v) is 5.68. The van der Waals surface area contributed by atoms with Gasteiger partial charge in [-0.1, -0.05) is 0 Å². The summed E-state index contributed by atoms with van der Waals surface area (Å²) in [6.45, 7) is 0.467. The average Bonchev–Trinajstić information content (AvgIpc) is 2.92. The average molecular weight is 337 g/mol. The largest absolute Gasteiger partial charge is 0.417 e. The number of hydrogen-bond acceptors (Lipinski definition) is 4. The van der Waals surface area contributed by atoms with Gasteiger partial charge in [0.2, 0.25) is 0 Å². The number of nitrogens with one attached hydrogen (secondary N) is 1. The highest BCUT2D eigenvalue weighted by atomic mass is 19.4. The topological polar surface area (TPSA) is 56.9 Å². The van der Waals surface area contributed by atoms with Gasteiger partial charge < -0.3 is 10.2 Å². The molecule has 0 saturated carbocycles. The Hall–Kier alpha value is -2.53. The summed E-state index contributed by atoms with van der Waals surface area (Å²) in [5.41, 5.74) is 0.139. The molecule has 1 aromatic carbocycles. The highest BCUT2D eigenvalue weighted by Gasteiger charge is 2.33. The van der Waals surface area contributed by atoms with Crippen LogP contribution in [0.3, 0.4) is 0 Å². The van der Waals surface area contributed by atoms with Crippen molar-refractivity contribution < 1.29 is 13.2 Å². The Balaban J connectivity index is 2.17. The van der Waals surface area contributed by atoms with E-state index in [1.54, 1.807) is 16.9 Å². The minimum Gasteiger partial charge on any atom is -0.383 e. The molecule has 2 aromatic rings. The zero-order valence-corrected chi connectivity index (χ0v) is 13.6. The highest BCUT2D eigenvalue weighted by Crippen LogP contribution is 2.33. The maximum atomic E-state index is 12.8. The summed E-state index contributed by atoms with van der Waals surface area (Å²) in [4.78, 5) is 1.99. The molecule has 0 amide bonds. The SMILES string of the molecule is CN(C)[C@H](CNc1ccc(C(F)(F)F)c(C#N)c1)c1cnn(C)c1. The van der Waals surface area contributed by atoms with Crippen molar-refractivity contribution >= 4 is 5.69 Å². The fourth-order valence-corrected chi connectivity index (χ4v) is 2.42. The quantitative estimate of drug-likeness (QED) is 0.911. The van der Waals surface area contributed by atoms with Crippen molar-refractivity contribution in [2.45, 2.75) is 12.2 Å². The van der Waals surface area contributed by atoms with E-state index in [1.165, 1.54) is 12.1 Å². The third kappa shape index (κ3) is 4.06. The molecule has 0 unspecified atom stereocenters. The summed E-state index contributed by atoms with van der Waals surface area (Å²) in [5, 5.41) is 16.2. The monoisotopic (exact) mass is 337 g/mol. The van der Waals surface area contributed by atoms with Crippen LogP contribution < -0.4 is 5.32 Å². The van der Waals surface area contributed by atoms with Crippen molar-refractivity contribution in [1.82, 2.24) is 14.7 Å². The molecule has 0 aliphatic heterocycles. The molecular formula is C16H18F3N5. The van der Waals surface area contributed by atoms with Gasteiger partial charge in [-0.15, -0.1) is 0 Å². The van der Waals surface area contributed by atoms with Crippen molar-refractivity contribution in [3.63, 3.8) is 0 Å². The molecule has 0 spiro atoms. The van der Waals surface area contributed by atoms with Gasteiger partial charge in [-0.3, -0.25) is 4.68 Å². The van der Waals surface area contributed by atoms with Crippen LogP contribution in [-0.4, -0.2) is 35.3 Å². The Labute approximate surface area is 138 Å². The highest BCUT2D eigenvalue weighted by molar-refractivity contribution is 5.53. The van der Waals surface area contributed by atoms with Gasteiger partial charge in [-0.25, -0.2) is 0 Å². The number of hydrogen-bond donors (Lipinski definition) is 1. The van der Waals surface area contributed by atoms with Crippen LogP contribution >= 0.6 is 0 Å². The molecule has 1 atom stereocenters. The minimum atomic E-state index is -4.54. The van der Waals surface area contributed by atoms with Gasteiger partial charge in [0, 0.05) is 31.0 Å². The van der Waals surface area contributed by atoms with Crippen LogP contribution in [0.4, 0.5) is 18.9 Å². The summed E-state index contributed by atoms with van der Waals surface area (Å²) in [6, 6.07) is 5.08. The van der Waals surface area contributed by atoms with Crippen LogP contribution in [0, 0.1) is 11.3 Å². The molecule has 8 heteroatoms. The minimum absolute atomic E-state index is 0.00784. The van der Waals surface area contributed by atoms with E-state index in [1.807, 2.05) is 32.2 Å². The molecule has 0 fully saturated rings. The maximum absolute atomic E-state index is 12.8. The van der Waals surface area contributed by atoms with Gasteiger partial charge in [0.1, 0.15) is 0 Å². The molecule has 5 nitrogen and oxygen atoms in total. The molecule has 128 valence electrons. The summed E-state index contributed by atoms with van der Waals surface area (Å²) in [5.74, 6) is 0. The Morgan fingerprint density at radius 2 is 2.08 bits per heavy atom. The van der Waals surface area contributed by atoms with E-state index < -0.39 is 17.3 Å². The van der Waals surface area contributed by atoms with Gasteiger partial charge in [0.15, 0.2) is 0 Å². The van der Waals surface area contributed by atoms with Gasteiger partial charge in [-0.2, -0.15) is 23.5 Å². The first kappa shape index (κ1) is 17.8. The normalized spacial score (nSPS) is 12.9. The molecule has 2 rings (SSSR count). The first-order valence-electron chi connectivity index (χ1n) is 7.22. The lowest BCUT2D eigenvalue weighted by molar-refractivity contribution is -0.137. The molecule has 1 aromatic heterocycles. The second kappa shape index (κ2) is 6.93. The van der Waals surface area contributed by atoms with Crippen LogP contribution in [0.15, 0.2) is 30.6 Å². The predicted octanol–water partition coefficient (Wildman–Crippen LogP) is 3.03. The van der Waals surface area contributed by atoms with Crippen LogP contribution in [0.2, 0.25) is 0 Å². The molecule has 1 N–H and O–H groups in total. The zero-order chi connectivity index (χ0) is 17.9. The zero-order valence-electron chi connectivity index (χ0n) is 13.6. The number of rotatable bonds is 5. The Bertz CT molecular complexity index is 743. The molecule has 0 radical (unpaired) electrons. The van der Waals surface area contributed by atoms with Gasteiger partial charge in [0.25, 0.3) is 0 Å². The van der Waals surface area contributed by atoms with E-state index in [0.29, 0.717) is 12.2 Å². The number of nitrogens with zero attached hydrogens (tertiary/aromatic N) is 4. The smallest absolute Gasteiger partial charge is 0.383 e. The van der Waals surface area contributed by atoms with Crippen molar-refractivity contribution in [1.29, 1.82) is 5.26 Å². The summed E-state index contributed by atoms with van der Waals surface area (Å²) >= 11 is 0. The van der Waals surface area contributed by atoms with E-state index >= 15 is 0 Å². The summed E-state index contributed by atoms with van der Waals surface area (Å²) in [6.07, 6.45) is -0.898. The standard InChI is InChI=1S/C16H18F3N5/c1-23(2)15(12-8-22-24(3)10-12)9-21-13-4-5-14(16(17,18)19)11(6-13)7-20/h4-6,8,10,15,21H,9H2,1-3H3/t15-/m1/s1. The van der Waals surface area contributed by atoms with Crippen molar-refractivity contribution in [3.05, 3.63) is 47.3 Å². The van der Waals surface area contributed by atoms with Crippen LogP contribution in [0.25, 0.3) is 0 Å². The second-order valence-electron chi connectivity index (χ2n) is 5.68. The number of alkyl halides is 3.